The van der Waals surface area contributed by atoms with Gasteiger partial charge in [-0.1, -0.05) is 29.8 Å². The number of nitrogens with zero attached hydrogens (tertiary/aromatic N) is 2. The molecule has 0 spiro atoms. The van der Waals surface area contributed by atoms with Crippen molar-refractivity contribution in [3.63, 3.8) is 0 Å². The zero-order chi connectivity index (χ0) is 26.1. The van der Waals surface area contributed by atoms with Crippen LogP contribution in [0.2, 0.25) is 0 Å². The summed E-state index contributed by atoms with van der Waals surface area (Å²) in [6, 6.07) is 13.5. The molecule has 1 saturated heterocycles. The number of hydrogen-bond donors (Lipinski definition) is 3. The molecule has 9 heteroatoms. The Balaban J connectivity index is 1.46. The summed E-state index contributed by atoms with van der Waals surface area (Å²) in [6.07, 6.45) is 1.48. The number of benzene rings is 2. The van der Waals surface area contributed by atoms with Gasteiger partial charge in [0.2, 0.25) is 11.8 Å². The molecule has 1 aromatic heterocycles. The summed E-state index contributed by atoms with van der Waals surface area (Å²) < 4.78 is 5.43. The van der Waals surface area contributed by atoms with E-state index in [-0.39, 0.29) is 24.2 Å². The number of aryl methyl sites for hydroxylation is 1. The van der Waals surface area contributed by atoms with Crippen LogP contribution in [0.5, 0.6) is 5.75 Å². The van der Waals surface area contributed by atoms with E-state index in [1.807, 2.05) is 43.3 Å². The van der Waals surface area contributed by atoms with Crippen molar-refractivity contribution in [2.24, 2.45) is 5.92 Å². The molecule has 9 nitrogen and oxygen atoms in total. The molecule has 3 amide bonds. The summed E-state index contributed by atoms with van der Waals surface area (Å²) in [7, 11) is 1.58. The molecule has 3 N–H and O–H groups in total. The van der Waals surface area contributed by atoms with Crippen molar-refractivity contribution in [1.29, 1.82) is 5.26 Å². The van der Waals surface area contributed by atoms with Gasteiger partial charge in [-0.15, -0.1) is 0 Å². The van der Waals surface area contributed by atoms with E-state index in [0.717, 1.165) is 27.6 Å². The van der Waals surface area contributed by atoms with Gasteiger partial charge in [0.15, 0.2) is 0 Å². The van der Waals surface area contributed by atoms with Gasteiger partial charge >= 0.3 is 0 Å². The Bertz CT molecular complexity index is 1420. The van der Waals surface area contributed by atoms with E-state index in [4.69, 9.17) is 4.74 Å². The third-order valence-corrected chi connectivity index (χ3v) is 7.27. The fourth-order valence-corrected chi connectivity index (χ4v) is 5.38. The monoisotopic (exact) mass is 499 g/mol. The first-order valence-electron chi connectivity index (χ1n) is 12.4. The van der Waals surface area contributed by atoms with Crippen LogP contribution in [0, 0.1) is 24.2 Å². The topological polar surface area (TPSA) is 127 Å². The molecule has 3 atom stereocenters. The second-order valence-corrected chi connectivity index (χ2v) is 9.66. The van der Waals surface area contributed by atoms with Crippen LogP contribution in [0.3, 0.4) is 0 Å². The number of rotatable bonds is 6. The maximum Gasteiger partial charge on any atom is 0.271 e. The minimum Gasteiger partial charge on any atom is -0.496 e. The van der Waals surface area contributed by atoms with Gasteiger partial charge in [-0.2, -0.15) is 5.26 Å². The smallest absolute Gasteiger partial charge is 0.271 e. The molecule has 0 unspecified atom stereocenters. The summed E-state index contributed by atoms with van der Waals surface area (Å²) >= 11 is 0. The van der Waals surface area contributed by atoms with E-state index in [1.165, 1.54) is 0 Å². The normalized spacial score (nSPS) is 19.6. The molecule has 0 bridgehead atoms. The number of ether oxygens (including phenoxy) is 1. The van der Waals surface area contributed by atoms with Gasteiger partial charge in [-0.3, -0.25) is 14.4 Å². The Labute approximate surface area is 214 Å². The van der Waals surface area contributed by atoms with Crippen molar-refractivity contribution in [2.45, 2.75) is 38.3 Å². The molecule has 3 heterocycles. The Kier molecular flexibility index (Phi) is 6.57. The Morgan fingerprint density at radius 3 is 2.84 bits per heavy atom. The lowest BCUT2D eigenvalue weighted by atomic mass is 9.90. The molecule has 190 valence electrons. The van der Waals surface area contributed by atoms with Gasteiger partial charge in [-0.25, -0.2) is 0 Å². The Morgan fingerprint density at radius 2 is 2.11 bits per heavy atom. The molecule has 5 rings (SSSR count). The highest BCUT2D eigenvalue weighted by Crippen LogP contribution is 2.33. The molecule has 0 aliphatic carbocycles. The number of methoxy groups -OCH3 is 1. The van der Waals surface area contributed by atoms with Crippen LogP contribution in [-0.4, -0.2) is 53.8 Å². The van der Waals surface area contributed by atoms with Crippen LogP contribution in [0.25, 0.3) is 10.9 Å². The first kappa shape index (κ1) is 24.4. The number of nitriles is 1. The molecule has 37 heavy (non-hydrogen) atoms. The quantitative estimate of drug-likeness (QED) is 0.481. The SMILES string of the molecule is COc1cccc2[nH]c(C(=O)N3CCc4cc(C)ccc4[C@@H]3C(=O)N[C@H](C#N)C[C@@H]3CCNC3=O)cc12. The van der Waals surface area contributed by atoms with Crippen LogP contribution in [0.1, 0.15) is 46.1 Å². The van der Waals surface area contributed by atoms with Crippen LogP contribution < -0.4 is 15.4 Å². The second-order valence-electron chi connectivity index (χ2n) is 9.66. The second kappa shape index (κ2) is 9.97. The standard InChI is InChI=1S/C28H29N5O4/c1-16-6-7-20-17(12-16)9-11-33(28(36)23-14-21-22(32-23)4-3-5-24(21)37-2)25(20)27(35)31-19(15-29)13-18-8-10-30-26(18)34/h3-7,12,14,18-19,25,32H,8-11,13H2,1-2H3,(H,30,34)(H,31,35)/t18-,19-,25+/m0/s1. The Morgan fingerprint density at radius 1 is 1.27 bits per heavy atom. The third-order valence-electron chi connectivity index (χ3n) is 7.27. The Hall–Kier alpha value is -4.32. The van der Waals surface area contributed by atoms with E-state index in [0.29, 0.717) is 37.4 Å². The van der Waals surface area contributed by atoms with E-state index in [9.17, 15) is 19.6 Å². The molecule has 2 aliphatic rings. The molecule has 2 aliphatic heterocycles. The van der Waals surface area contributed by atoms with E-state index < -0.39 is 18.0 Å². The van der Waals surface area contributed by atoms with E-state index in [1.54, 1.807) is 18.1 Å². The molecule has 1 fully saturated rings. The zero-order valence-corrected chi connectivity index (χ0v) is 20.8. The third kappa shape index (κ3) is 4.62. The molecule has 2 aromatic carbocycles. The number of fused-ring (bicyclic) bond motifs is 2. The summed E-state index contributed by atoms with van der Waals surface area (Å²) in [5, 5.41) is 16.1. The van der Waals surface area contributed by atoms with Gasteiger partial charge in [0.05, 0.1) is 13.2 Å². The van der Waals surface area contributed by atoms with Gasteiger partial charge in [0.1, 0.15) is 23.5 Å². The molecule has 0 saturated carbocycles. The van der Waals surface area contributed by atoms with Crippen LogP contribution in [0.15, 0.2) is 42.5 Å². The molecular weight excluding hydrogens is 470 g/mol. The first-order chi connectivity index (χ1) is 17.9. The number of aromatic amines is 1. The lowest BCUT2D eigenvalue weighted by Crippen LogP contribution is -2.49. The number of amides is 3. The number of hydrogen-bond acceptors (Lipinski definition) is 5. The average Bonchev–Trinajstić information content (AvgIpc) is 3.52. The van der Waals surface area contributed by atoms with E-state index in [2.05, 4.69) is 21.7 Å². The lowest BCUT2D eigenvalue weighted by Gasteiger charge is -2.36. The highest BCUT2D eigenvalue weighted by molar-refractivity contribution is 6.02. The van der Waals surface area contributed by atoms with Gasteiger partial charge in [0.25, 0.3) is 5.91 Å². The minimum atomic E-state index is -0.904. The highest BCUT2D eigenvalue weighted by Gasteiger charge is 2.38. The average molecular weight is 500 g/mol. The fourth-order valence-electron chi connectivity index (χ4n) is 5.38. The van der Waals surface area contributed by atoms with Crippen LogP contribution in [0.4, 0.5) is 0 Å². The summed E-state index contributed by atoms with van der Waals surface area (Å²) in [4.78, 5) is 44.2. The van der Waals surface area contributed by atoms with Gasteiger partial charge < -0.3 is 25.3 Å². The summed E-state index contributed by atoms with van der Waals surface area (Å²) in [5.41, 5.74) is 3.93. The minimum absolute atomic E-state index is 0.0981. The predicted octanol–water partition coefficient (Wildman–Crippen LogP) is 2.76. The van der Waals surface area contributed by atoms with Crippen molar-refractivity contribution in [1.82, 2.24) is 20.5 Å². The summed E-state index contributed by atoms with van der Waals surface area (Å²) in [6.45, 7) is 2.91. The van der Waals surface area contributed by atoms with Crippen molar-refractivity contribution in [3.8, 4) is 11.8 Å². The predicted molar refractivity (Wildman–Crippen MR) is 137 cm³/mol. The number of H-pyrrole nitrogens is 1. The van der Waals surface area contributed by atoms with Crippen molar-refractivity contribution in [2.75, 3.05) is 20.2 Å². The van der Waals surface area contributed by atoms with Crippen LogP contribution >= 0.6 is 0 Å². The molecule has 3 aromatic rings. The highest BCUT2D eigenvalue weighted by atomic mass is 16.5. The van der Waals surface area contributed by atoms with E-state index >= 15 is 0 Å². The number of nitrogens with one attached hydrogen (secondary N) is 3. The van der Waals surface area contributed by atoms with Gasteiger partial charge in [0, 0.05) is 29.9 Å². The fraction of sp³-hybridized carbons (Fsp3) is 0.357. The molecule has 0 radical (unpaired) electrons. The maximum atomic E-state index is 13.8. The summed E-state index contributed by atoms with van der Waals surface area (Å²) in [5.74, 6) is -0.510. The maximum absolute atomic E-state index is 13.8. The zero-order valence-electron chi connectivity index (χ0n) is 20.8. The van der Waals surface area contributed by atoms with Crippen molar-refractivity contribution >= 4 is 28.6 Å². The number of carbonyl (C=O) groups excluding carboxylic acids is 3. The van der Waals surface area contributed by atoms with Crippen molar-refractivity contribution < 1.29 is 19.1 Å². The first-order valence-corrected chi connectivity index (χ1v) is 12.4. The number of aromatic nitrogens is 1. The largest absolute Gasteiger partial charge is 0.496 e. The van der Waals surface area contributed by atoms with Crippen molar-refractivity contribution in [3.05, 3.63) is 64.8 Å². The number of carbonyl (C=O) groups is 3. The van der Waals surface area contributed by atoms with Crippen LogP contribution in [-0.2, 0) is 16.0 Å². The lowest BCUT2D eigenvalue weighted by molar-refractivity contribution is -0.127. The molecular formula is C28H29N5O4. The van der Waals surface area contributed by atoms with Gasteiger partial charge in [-0.05, 0) is 55.5 Å².